The number of hydrazone groups is 1. The zero-order valence-electron chi connectivity index (χ0n) is 20.1. The zero-order chi connectivity index (χ0) is 25.9. The van der Waals surface area contributed by atoms with E-state index in [0.717, 1.165) is 5.56 Å². The minimum atomic E-state index is -0.512. The molecule has 2 aromatic carbocycles. The van der Waals surface area contributed by atoms with Gasteiger partial charge in [-0.3, -0.25) is 4.79 Å². The molecule has 0 saturated heterocycles. The average Bonchev–Trinajstić information content (AvgIpc) is 2.87. The number of carbonyl (C=O) groups excluding carboxylic acids is 1. The van der Waals surface area contributed by atoms with Gasteiger partial charge >= 0.3 is 0 Å². The number of methoxy groups -OCH3 is 2. The molecular weight excluding hydrogens is 484 g/mol. The molecule has 0 unspecified atom stereocenters. The van der Waals surface area contributed by atoms with Gasteiger partial charge < -0.3 is 18.9 Å². The van der Waals surface area contributed by atoms with E-state index < -0.39 is 5.91 Å². The van der Waals surface area contributed by atoms with Gasteiger partial charge in [-0.2, -0.15) is 10.4 Å². The van der Waals surface area contributed by atoms with Crippen LogP contribution in [0.25, 0.3) is 0 Å². The summed E-state index contributed by atoms with van der Waals surface area (Å²) in [6, 6.07) is 16.4. The summed E-state index contributed by atoms with van der Waals surface area (Å²) in [6.45, 7) is 1.98. The Morgan fingerprint density at radius 2 is 1.89 bits per heavy atom. The first-order chi connectivity index (χ1) is 17.4. The van der Waals surface area contributed by atoms with Gasteiger partial charge in [-0.25, -0.2) is 10.4 Å². The fourth-order valence-electron chi connectivity index (χ4n) is 3.17. The molecular formula is C26H25ClN4O5. The monoisotopic (exact) mass is 508 g/mol. The van der Waals surface area contributed by atoms with Gasteiger partial charge in [0.1, 0.15) is 18.2 Å². The summed E-state index contributed by atoms with van der Waals surface area (Å²) in [7, 11) is 3.07. The van der Waals surface area contributed by atoms with Gasteiger partial charge in [-0.15, -0.1) is 0 Å². The van der Waals surface area contributed by atoms with Crippen LogP contribution in [0.15, 0.2) is 53.6 Å². The largest absolute Gasteiger partial charge is 0.493 e. The lowest BCUT2D eigenvalue weighted by Gasteiger charge is -2.11. The van der Waals surface area contributed by atoms with Crippen molar-refractivity contribution in [1.29, 1.82) is 5.26 Å². The summed E-state index contributed by atoms with van der Waals surface area (Å²) >= 11 is 5.91. The maximum Gasteiger partial charge on any atom is 0.278 e. The van der Waals surface area contributed by atoms with Gasteiger partial charge in [-0.1, -0.05) is 23.7 Å². The van der Waals surface area contributed by atoms with Crippen molar-refractivity contribution >= 4 is 23.7 Å². The summed E-state index contributed by atoms with van der Waals surface area (Å²) in [5.41, 5.74) is 5.54. The lowest BCUT2D eigenvalue weighted by atomic mass is 10.1. The van der Waals surface area contributed by atoms with E-state index in [0.29, 0.717) is 39.9 Å². The average molecular weight is 509 g/mol. The number of rotatable bonds is 11. The van der Waals surface area contributed by atoms with Crippen LogP contribution in [0.4, 0.5) is 0 Å². The van der Waals surface area contributed by atoms with Crippen molar-refractivity contribution in [3.05, 3.63) is 81.5 Å². The van der Waals surface area contributed by atoms with E-state index in [-0.39, 0.29) is 24.7 Å². The number of ether oxygens (including phenoxy) is 4. The highest BCUT2D eigenvalue weighted by Gasteiger charge is 2.14. The summed E-state index contributed by atoms with van der Waals surface area (Å²) in [5.74, 6) is 0.641. The molecule has 0 aliphatic carbocycles. The molecule has 1 N–H and O–H groups in total. The highest BCUT2D eigenvalue weighted by Crippen LogP contribution is 2.28. The molecule has 0 atom stereocenters. The van der Waals surface area contributed by atoms with Crippen molar-refractivity contribution in [1.82, 2.24) is 10.4 Å². The normalized spacial score (nSPS) is 10.6. The number of nitrogens with one attached hydrogen (secondary N) is 1. The van der Waals surface area contributed by atoms with Crippen molar-refractivity contribution in [2.75, 3.05) is 20.8 Å². The molecule has 186 valence electrons. The second kappa shape index (κ2) is 13.1. The predicted molar refractivity (Wildman–Crippen MR) is 134 cm³/mol. The van der Waals surface area contributed by atoms with Crippen molar-refractivity contribution in [2.45, 2.75) is 20.1 Å². The number of pyridine rings is 1. The Hall–Kier alpha value is -4.13. The number of amides is 1. The first-order valence-electron chi connectivity index (χ1n) is 10.8. The SMILES string of the molecule is COCc1cc(C)nc(OCC(=O)N/N=C\c2ccc(OCc3ccc(Cl)cc3)c(OC)c2)c1C#N. The molecule has 3 aromatic rings. The minimum Gasteiger partial charge on any atom is -0.493 e. The van der Waals surface area contributed by atoms with Gasteiger partial charge in [0, 0.05) is 23.4 Å². The Morgan fingerprint density at radius 1 is 1.11 bits per heavy atom. The van der Waals surface area contributed by atoms with Crippen LogP contribution >= 0.6 is 11.6 Å². The van der Waals surface area contributed by atoms with Crippen LogP contribution in [-0.2, 0) is 22.7 Å². The van der Waals surface area contributed by atoms with Gasteiger partial charge in [0.05, 0.1) is 19.9 Å². The third kappa shape index (κ3) is 7.43. The fraction of sp³-hybridized carbons (Fsp3) is 0.231. The Bertz CT molecular complexity index is 1270. The van der Waals surface area contributed by atoms with Crippen LogP contribution in [0.1, 0.15) is 27.9 Å². The van der Waals surface area contributed by atoms with E-state index in [9.17, 15) is 10.1 Å². The number of aryl methyl sites for hydroxylation is 1. The van der Waals surface area contributed by atoms with E-state index in [4.69, 9.17) is 30.5 Å². The lowest BCUT2D eigenvalue weighted by Crippen LogP contribution is -2.25. The fourth-order valence-corrected chi connectivity index (χ4v) is 3.30. The number of benzene rings is 2. The topological polar surface area (TPSA) is 115 Å². The second-order valence-electron chi connectivity index (χ2n) is 7.56. The molecule has 0 aliphatic heterocycles. The summed E-state index contributed by atoms with van der Waals surface area (Å²) in [4.78, 5) is 16.4. The number of halogens is 1. The number of nitriles is 1. The van der Waals surface area contributed by atoms with Crippen LogP contribution in [0, 0.1) is 18.3 Å². The van der Waals surface area contributed by atoms with E-state index in [1.807, 2.05) is 18.2 Å². The Labute approximate surface area is 214 Å². The summed E-state index contributed by atoms with van der Waals surface area (Å²) in [6.07, 6.45) is 1.46. The smallest absolute Gasteiger partial charge is 0.278 e. The van der Waals surface area contributed by atoms with E-state index in [1.165, 1.54) is 20.4 Å². The maximum atomic E-state index is 12.2. The molecule has 1 heterocycles. The molecule has 9 nitrogen and oxygen atoms in total. The first-order valence-corrected chi connectivity index (χ1v) is 11.2. The van der Waals surface area contributed by atoms with Crippen molar-refractivity contribution in [2.24, 2.45) is 5.10 Å². The number of carbonyl (C=O) groups is 1. The zero-order valence-corrected chi connectivity index (χ0v) is 20.8. The molecule has 0 fully saturated rings. The molecule has 3 rings (SSSR count). The molecule has 1 aromatic heterocycles. The van der Waals surface area contributed by atoms with E-state index >= 15 is 0 Å². The predicted octanol–water partition coefficient (Wildman–Crippen LogP) is 4.18. The van der Waals surface area contributed by atoms with Gasteiger partial charge in [0.25, 0.3) is 5.91 Å². The lowest BCUT2D eigenvalue weighted by molar-refractivity contribution is -0.123. The van der Waals surface area contributed by atoms with Crippen LogP contribution in [0.5, 0.6) is 17.4 Å². The Balaban J connectivity index is 1.56. The third-order valence-corrected chi connectivity index (χ3v) is 5.10. The molecule has 0 bridgehead atoms. The Morgan fingerprint density at radius 3 is 2.58 bits per heavy atom. The number of hydrogen-bond acceptors (Lipinski definition) is 8. The molecule has 0 saturated carbocycles. The van der Waals surface area contributed by atoms with Crippen molar-refractivity contribution in [3.63, 3.8) is 0 Å². The van der Waals surface area contributed by atoms with Crippen molar-refractivity contribution in [3.8, 4) is 23.4 Å². The number of aromatic nitrogens is 1. The van der Waals surface area contributed by atoms with Gasteiger partial charge in [0.15, 0.2) is 18.1 Å². The van der Waals surface area contributed by atoms with E-state index in [2.05, 4.69) is 15.5 Å². The van der Waals surface area contributed by atoms with E-state index in [1.54, 1.807) is 43.3 Å². The summed E-state index contributed by atoms with van der Waals surface area (Å²) in [5, 5.41) is 14.0. The standard InChI is InChI=1S/C26H25ClN4O5/c1-17-10-20(15-33-2)22(12-28)26(30-17)36-16-25(32)31-29-13-19-6-9-23(24(11-19)34-3)35-14-18-4-7-21(27)8-5-18/h4-11,13H,14-16H2,1-3H3,(H,31,32)/b29-13-. The van der Waals surface area contributed by atoms with Crippen LogP contribution < -0.4 is 19.6 Å². The molecule has 36 heavy (non-hydrogen) atoms. The van der Waals surface area contributed by atoms with Crippen LogP contribution in [0.3, 0.4) is 0 Å². The number of hydrogen-bond donors (Lipinski definition) is 1. The molecule has 1 amide bonds. The quantitative estimate of drug-likeness (QED) is 0.305. The minimum absolute atomic E-state index is 0.0719. The van der Waals surface area contributed by atoms with Crippen LogP contribution in [-0.4, -0.2) is 37.9 Å². The third-order valence-electron chi connectivity index (χ3n) is 4.85. The highest BCUT2D eigenvalue weighted by molar-refractivity contribution is 6.30. The first kappa shape index (κ1) is 26.5. The van der Waals surface area contributed by atoms with Gasteiger partial charge in [-0.05, 0) is 54.4 Å². The van der Waals surface area contributed by atoms with Crippen LogP contribution in [0.2, 0.25) is 5.02 Å². The molecule has 0 aliphatic rings. The molecule has 0 spiro atoms. The second-order valence-corrected chi connectivity index (χ2v) is 7.99. The Kier molecular flexibility index (Phi) is 9.63. The highest BCUT2D eigenvalue weighted by atomic mass is 35.5. The summed E-state index contributed by atoms with van der Waals surface area (Å²) < 4.78 is 21.8. The molecule has 0 radical (unpaired) electrons. The van der Waals surface area contributed by atoms with Crippen molar-refractivity contribution < 1.29 is 23.7 Å². The molecule has 10 heteroatoms. The number of nitrogens with zero attached hydrogens (tertiary/aromatic N) is 3. The van der Waals surface area contributed by atoms with Gasteiger partial charge in [0.2, 0.25) is 5.88 Å². The maximum absolute atomic E-state index is 12.2.